The van der Waals surface area contributed by atoms with E-state index in [2.05, 4.69) is 40.0 Å². The van der Waals surface area contributed by atoms with Crippen LogP contribution in [0.25, 0.3) is 0 Å². The lowest BCUT2D eigenvalue weighted by Gasteiger charge is -2.36. The van der Waals surface area contributed by atoms with Crippen molar-refractivity contribution in [3.05, 3.63) is 58.3 Å². The Balaban J connectivity index is 1.58. The van der Waals surface area contributed by atoms with E-state index < -0.39 is 6.04 Å². The molecule has 0 spiro atoms. The van der Waals surface area contributed by atoms with Gasteiger partial charge in [-0.25, -0.2) is 4.79 Å². The number of likely N-dealkylation sites (tertiary alicyclic amines) is 1. The Morgan fingerprint density at radius 3 is 2.59 bits per heavy atom. The third-order valence-electron chi connectivity index (χ3n) is 5.28. The third kappa shape index (κ3) is 5.54. The number of hydrogen-bond donors (Lipinski definition) is 3. The molecule has 0 radical (unpaired) electrons. The molecule has 2 aromatic rings. The minimum absolute atomic E-state index is 0.129. The first-order valence-electron chi connectivity index (χ1n) is 9.65. The van der Waals surface area contributed by atoms with Gasteiger partial charge in [0.2, 0.25) is 0 Å². The average Bonchev–Trinajstić information content (AvgIpc) is 3.23. The molecule has 0 saturated carbocycles. The highest BCUT2D eigenvalue weighted by Gasteiger charge is 2.26. The van der Waals surface area contributed by atoms with E-state index in [1.54, 1.807) is 11.3 Å². The highest BCUT2D eigenvalue weighted by Crippen LogP contribution is 2.29. The van der Waals surface area contributed by atoms with E-state index in [4.69, 9.17) is 0 Å². The van der Waals surface area contributed by atoms with Crippen molar-refractivity contribution in [3.63, 3.8) is 0 Å². The molecule has 3 rings (SSSR count). The molecule has 2 atom stereocenters. The van der Waals surface area contributed by atoms with Gasteiger partial charge in [0, 0.05) is 11.4 Å². The average molecular weight is 388 g/mol. The van der Waals surface area contributed by atoms with Crippen LogP contribution in [0.1, 0.15) is 42.3 Å². The number of aliphatic hydroxyl groups excluding tert-OH is 1. The van der Waals surface area contributed by atoms with Gasteiger partial charge in [-0.2, -0.15) is 0 Å². The van der Waals surface area contributed by atoms with Gasteiger partial charge in [0.05, 0.1) is 18.7 Å². The molecule has 1 aliphatic rings. The minimum atomic E-state index is -0.401. The summed E-state index contributed by atoms with van der Waals surface area (Å²) in [5.74, 6) is 0.776. The Labute approximate surface area is 165 Å². The Bertz CT molecular complexity index is 685. The van der Waals surface area contributed by atoms with Crippen LogP contribution >= 0.6 is 11.3 Å². The topological polar surface area (TPSA) is 64.6 Å². The van der Waals surface area contributed by atoms with Crippen molar-refractivity contribution in [3.8, 4) is 0 Å². The van der Waals surface area contributed by atoms with Crippen molar-refractivity contribution in [2.75, 3.05) is 26.2 Å². The number of piperidine rings is 1. The van der Waals surface area contributed by atoms with Gasteiger partial charge in [-0.05, 0) is 48.9 Å². The molecule has 27 heavy (non-hydrogen) atoms. The van der Waals surface area contributed by atoms with E-state index in [0.717, 1.165) is 24.6 Å². The summed E-state index contributed by atoms with van der Waals surface area (Å²) in [7, 11) is 0. The summed E-state index contributed by atoms with van der Waals surface area (Å²) in [5.41, 5.74) is 0.898. The van der Waals surface area contributed by atoms with E-state index in [0.29, 0.717) is 6.54 Å². The van der Waals surface area contributed by atoms with Gasteiger partial charge in [0.15, 0.2) is 0 Å². The highest BCUT2D eigenvalue weighted by atomic mass is 32.1. The summed E-state index contributed by atoms with van der Waals surface area (Å²) >= 11 is 1.74. The lowest BCUT2D eigenvalue weighted by atomic mass is 9.97. The smallest absolute Gasteiger partial charge is 0.315 e. The van der Waals surface area contributed by atoms with Gasteiger partial charge >= 0.3 is 6.03 Å². The van der Waals surface area contributed by atoms with E-state index >= 15 is 0 Å². The molecule has 6 heteroatoms. The quantitative estimate of drug-likeness (QED) is 0.681. The normalized spacial score (nSPS) is 18.0. The number of urea groups is 1. The maximum absolute atomic E-state index is 12.4. The molecule has 0 bridgehead atoms. The number of thiophene rings is 1. The Kier molecular flexibility index (Phi) is 7.26. The summed E-state index contributed by atoms with van der Waals surface area (Å²) < 4.78 is 0. The Hall–Kier alpha value is -1.89. The summed E-state index contributed by atoms with van der Waals surface area (Å²) in [6, 6.07) is 13.3. The Morgan fingerprint density at radius 1 is 1.22 bits per heavy atom. The fourth-order valence-corrected chi connectivity index (χ4v) is 4.41. The van der Waals surface area contributed by atoms with E-state index in [-0.39, 0.29) is 18.7 Å². The first kappa shape index (κ1) is 19.9. The second-order valence-electron chi connectivity index (χ2n) is 7.25. The molecule has 5 nitrogen and oxygen atoms in total. The van der Waals surface area contributed by atoms with Gasteiger partial charge in [-0.15, -0.1) is 11.3 Å². The van der Waals surface area contributed by atoms with Crippen LogP contribution in [0.3, 0.4) is 0 Å². The van der Waals surface area contributed by atoms with Crippen LogP contribution in [0.5, 0.6) is 0 Å². The van der Waals surface area contributed by atoms with Crippen molar-refractivity contribution >= 4 is 17.4 Å². The zero-order valence-corrected chi connectivity index (χ0v) is 16.6. The SMILES string of the molecule is CC1CCN(C(CNC(=O)NC(CO)c2ccccc2)c2cccs2)CC1. The first-order valence-corrected chi connectivity index (χ1v) is 10.5. The van der Waals surface area contributed by atoms with Crippen LogP contribution in [0.4, 0.5) is 4.79 Å². The van der Waals surface area contributed by atoms with Crippen LogP contribution in [0.2, 0.25) is 0 Å². The number of nitrogens with zero attached hydrogens (tertiary/aromatic N) is 1. The molecular weight excluding hydrogens is 358 g/mol. The predicted molar refractivity (Wildman–Crippen MR) is 110 cm³/mol. The van der Waals surface area contributed by atoms with Crippen LogP contribution in [-0.4, -0.2) is 42.3 Å². The van der Waals surface area contributed by atoms with Crippen molar-refractivity contribution in [1.82, 2.24) is 15.5 Å². The molecule has 1 aliphatic heterocycles. The summed E-state index contributed by atoms with van der Waals surface area (Å²) in [6.07, 6.45) is 2.41. The molecule has 1 aromatic carbocycles. The number of aliphatic hydroxyl groups is 1. The second kappa shape index (κ2) is 9.88. The van der Waals surface area contributed by atoms with Crippen molar-refractivity contribution in [2.24, 2.45) is 5.92 Å². The lowest BCUT2D eigenvalue weighted by Crippen LogP contribution is -2.45. The highest BCUT2D eigenvalue weighted by molar-refractivity contribution is 7.10. The first-order chi connectivity index (χ1) is 13.2. The molecule has 2 amide bonds. The maximum atomic E-state index is 12.4. The van der Waals surface area contributed by atoms with Gasteiger partial charge in [-0.1, -0.05) is 43.3 Å². The fraction of sp³-hybridized carbons (Fsp3) is 0.476. The molecule has 2 heterocycles. The van der Waals surface area contributed by atoms with Crippen LogP contribution in [0.15, 0.2) is 47.8 Å². The molecule has 1 fully saturated rings. The summed E-state index contributed by atoms with van der Waals surface area (Å²) in [4.78, 5) is 16.2. The number of nitrogens with one attached hydrogen (secondary N) is 2. The minimum Gasteiger partial charge on any atom is -0.394 e. The summed E-state index contributed by atoms with van der Waals surface area (Å²) in [6.45, 7) is 4.87. The zero-order valence-electron chi connectivity index (χ0n) is 15.8. The van der Waals surface area contributed by atoms with Crippen LogP contribution < -0.4 is 10.6 Å². The van der Waals surface area contributed by atoms with Gasteiger partial charge < -0.3 is 15.7 Å². The van der Waals surface area contributed by atoms with Gasteiger partial charge in [-0.3, -0.25) is 4.90 Å². The van der Waals surface area contributed by atoms with Crippen LogP contribution in [0, 0.1) is 5.92 Å². The van der Waals surface area contributed by atoms with Gasteiger partial charge in [0.25, 0.3) is 0 Å². The largest absolute Gasteiger partial charge is 0.394 e. The predicted octanol–water partition coefficient (Wildman–Crippen LogP) is 3.55. The number of amides is 2. The molecular formula is C21H29N3O2S. The van der Waals surface area contributed by atoms with E-state index in [9.17, 15) is 9.90 Å². The van der Waals surface area contributed by atoms with Crippen LogP contribution in [-0.2, 0) is 0 Å². The van der Waals surface area contributed by atoms with Crippen molar-refractivity contribution in [1.29, 1.82) is 0 Å². The van der Waals surface area contributed by atoms with Crippen molar-refractivity contribution < 1.29 is 9.90 Å². The number of hydrogen-bond acceptors (Lipinski definition) is 4. The maximum Gasteiger partial charge on any atom is 0.315 e. The van der Waals surface area contributed by atoms with E-state index in [1.807, 2.05) is 30.3 Å². The molecule has 2 unspecified atom stereocenters. The fourth-order valence-electron chi connectivity index (χ4n) is 3.55. The second-order valence-corrected chi connectivity index (χ2v) is 8.23. The number of benzene rings is 1. The number of rotatable bonds is 7. The van der Waals surface area contributed by atoms with Crippen molar-refractivity contribution in [2.45, 2.75) is 31.8 Å². The third-order valence-corrected chi connectivity index (χ3v) is 6.25. The zero-order chi connectivity index (χ0) is 19.1. The number of carbonyl (C=O) groups is 1. The van der Waals surface area contributed by atoms with E-state index in [1.165, 1.54) is 17.7 Å². The standard InChI is InChI=1S/C21H29N3O2S/c1-16-9-11-24(12-10-16)19(20-8-5-13-27-20)14-22-21(26)23-18(15-25)17-6-3-2-4-7-17/h2-8,13,16,18-19,25H,9-12,14-15H2,1H3,(H2,22,23,26). The molecule has 3 N–H and O–H groups in total. The lowest BCUT2D eigenvalue weighted by molar-refractivity contribution is 0.137. The Morgan fingerprint density at radius 2 is 1.96 bits per heavy atom. The molecule has 1 saturated heterocycles. The van der Waals surface area contributed by atoms with Gasteiger partial charge in [0.1, 0.15) is 0 Å². The monoisotopic (exact) mass is 387 g/mol. The molecule has 0 aliphatic carbocycles. The summed E-state index contributed by atoms with van der Waals surface area (Å²) in [5, 5.41) is 17.6. The number of carbonyl (C=O) groups excluding carboxylic acids is 1. The molecule has 1 aromatic heterocycles. The molecule has 146 valence electrons.